The van der Waals surface area contributed by atoms with Gasteiger partial charge in [0.15, 0.2) is 5.65 Å². The Hall–Kier alpha value is -1.27. The normalized spacial score (nSPS) is 17.0. The fourth-order valence-electron chi connectivity index (χ4n) is 2.96. The highest BCUT2D eigenvalue weighted by Crippen LogP contribution is 2.21. The third kappa shape index (κ3) is 2.51. The van der Waals surface area contributed by atoms with E-state index < -0.39 is 0 Å². The second-order valence-electron chi connectivity index (χ2n) is 5.61. The van der Waals surface area contributed by atoms with E-state index in [2.05, 4.69) is 33.7 Å². The van der Waals surface area contributed by atoms with E-state index in [4.69, 9.17) is 16.6 Å². The lowest BCUT2D eigenvalue weighted by molar-refractivity contribution is 0.286. The summed E-state index contributed by atoms with van der Waals surface area (Å²) in [5.74, 6) is 1.64. The molecule has 1 aliphatic rings. The molecule has 21 heavy (non-hydrogen) atoms. The van der Waals surface area contributed by atoms with Crippen molar-refractivity contribution in [3.8, 4) is 0 Å². The van der Waals surface area contributed by atoms with Crippen LogP contribution >= 0.6 is 11.6 Å². The number of likely N-dealkylation sites (N-methyl/N-ethyl adjacent to an activating group) is 1. The number of hydrogen-bond donors (Lipinski definition) is 0. The molecule has 0 radical (unpaired) electrons. The number of nitrogens with zero attached hydrogens (tertiary/aromatic N) is 6. The minimum atomic E-state index is 0.589. The van der Waals surface area contributed by atoms with Crippen LogP contribution in [0.4, 0.5) is 0 Å². The Kier molecular flexibility index (Phi) is 4.08. The Morgan fingerprint density at radius 1 is 1.19 bits per heavy atom. The second kappa shape index (κ2) is 5.85. The number of aromatic nitrogens is 4. The van der Waals surface area contributed by atoms with Crippen LogP contribution in [0.1, 0.15) is 18.4 Å². The zero-order chi connectivity index (χ0) is 15.0. The lowest BCUT2D eigenvalue weighted by Crippen LogP contribution is -2.50. The Labute approximate surface area is 130 Å². The molecule has 0 amide bonds. The van der Waals surface area contributed by atoms with Crippen molar-refractivity contribution in [1.29, 1.82) is 0 Å². The Morgan fingerprint density at radius 3 is 2.52 bits per heavy atom. The SMILES string of the molecule is CCn1nc(C)c2nc(CCCl)n(N3CCN(C)CC3)c21. The number of rotatable bonds is 4. The third-order valence-corrected chi connectivity index (χ3v) is 4.32. The van der Waals surface area contributed by atoms with Gasteiger partial charge in [0.2, 0.25) is 0 Å². The molecule has 0 atom stereocenters. The molecule has 0 N–H and O–H groups in total. The number of fused-ring (bicyclic) bond motifs is 1. The van der Waals surface area contributed by atoms with Crippen LogP contribution < -0.4 is 5.01 Å². The van der Waals surface area contributed by atoms with Gasteiger partial charge >= 0.3 is 0 Å². The smallest absolute Gasteiger partial charge is 0.178 e. The Balaban J connectivity index is 2.10. The van der Waals surface area contributed by atoms with Gasteiger partial charge in [-0.3, -0.25) is 0 Å². The number of halogens is 1. The zero-order valence-corrected chi connectivity index (χ0v) is 13.8. The van der Waals surface area contributed by atoms with Gasteiger partial charge in [-0.05, 0) is 20.9 Å². The summed E-state index contributed by atoms with van der Waals surface area (Å²) in [6, 6.07) is 0. The van der Waals surface area contributed by atoms with Crippen LogP contribution in [0.5, 0.6) is 0 Å². The van der Waals surface area contributed by atoms with Crippen LogP contribution in [-0.2, 0) is 13.0 Å². The van der Waals surface area contributed by atoms with Crippen molar-refractivity contribution in [2.75, 3.05) is 44.1 Å². The maximum atomic E-state index is 5.98. The van der Waals surface area contributed by atoms with E-state index in [0.29, 0.717) is 5.88 Å². The minimum absolute atomic E-state index is 0.589. The molecule has 0 bridgehead atoms. The summed E-state index contributed by atoms with van der Waals surface area (Å²) < 4.78 is 4.31. The fourth-order valence-corrected chi connectivity index (χ4v) is 3.13. The second-order valence-corrected chi connectivity index (χ2v) is 5.99. The van der Waals surface area contributed by atoms with Gasteiger partial charge in [0.25, 0.3) is 0 Å². The molecular weight excluding hydrogens is 288 g/mol. The first-order valence-electron chi connectivity index (χ1n) is 7.60. The summed E-state index contributed by atoms with van der Waals surface area (Å²) in [5.41, 5.74) is 3.12. The first kappa shape index (κ1) is 14.7. The lowest BCUT2D eigenvalue weighted by atomic mass is 10.4. The van der Waals surface area contributed by atoms with Gasteiger partial charge in [-0.1, -0.05) is 0 Å². The number of piperazine rings is 1. The van der Waals surface area contributed by atoms with E-state index in [9.17, 15) is 0 Å². The van der Waals surface area contributed by atoms with Crippen molar-refractivity contribution in [1.82, 2.24) is 24.3 Å². The molecule has 2 aromatic rings. The zero-order valence-electron chi connectivity index (χ0n) is 13.0. The van der Waals surface area contributed by atoms with E-state index in [1.807, 2.05) is 11.6 Å². The molecule has 1 fully saturated rings. The summed E-state index contributed by atoms with van der Waals surface area (Å²) in [7, 11) is 2.17. The van der Waals surface area contributed by atoms with Crippen LogP contribution in [-0.4, -0.2) is 63.4 Å². The molecular formula is C14H23ClN6. The van der Waals surface area contributed by atoms with Crippen LogP contribution in [0.15, 0.2) is 0 Å². The van der Waals surface area contributed by atoms with Crippen LogP contribution in [0.3, 0.4) is 0 Å². The fraction of sp³-hybridized carbons (Fsp3) is 0.714. The number of imidazole rings is 1. The van der Waals surface area contributed by atoms with E-state index in [1.54, 1.807) is 0 Å². The predicted octanol–water partition coefficient (Wildman–Crippen LogP) is 1.23. The predicted molar refractivity (Wildman–Crippen MR) is 85.8 cm³/mol. The van der Waals surface area contributed by atoms with Crippen LogP contribution in [0.25, 0.3) is 11.2 Å². The van der Waals surface area contributed by atoms with Crippen molar-refractivity contribution in [2.24, 2.45) is 0 Å². The molecule has 0 spiro atoms. The Morgan fingerprint density at radius 2 is 1.90 bits per heavy atom. The molecule has 0 saturated carbocycles. The van der Waals surface area contributed by atoms with Crippen molar-refractivity contribution >= 4 is 22.8 Å². The van der Waals surface area contributed by atoms with Crippen molar-refractivity contribution in [2.45, 2.75) is 26.8 Å². The first-order valence-corrected chi connectivity index (χ1v) is 8.13. The molecule has 1 saturated heterocycles. The maximum absolute atomic E-state index is 5.98. The molecule has 1 aliphatic heterocycles. The summed E-state index contributed by atoms with van der Waals surface area (Å²) in [6.07, 6.45) is 0.783. The molecule has 6 nitrogen and oxygen atoms in total. The average molecular weight is 311 g/mol. The highest BCUT2D eigenvalue weighted by atomic mass is 35.5. The molecule has 116 valence electrons. The monoisotopic (exact) mass is 310 g/mol. The van der Waals surface area contributed by atoms with E-state index in [1.165, 1.54) is 0 Å². The van der Waals surface area contributed by atoms with Crippen molar-refractivity contribution in [3.63, 3.8) is 0 Å². The van der Waals surface area contributed by atoms with Crippen molar-refractivity contribution < 1.29 is 0 Å². The highest BCUT2D eigenvalue weighted by molar-refractivity contribution is 6.17. The number of aryl methyl sites for hydroxylation is 3. The molecule has 2 aromatic heterocycles. The maximum Gasteiger partial charge on any atom is 0.178 e. The molecule has 0 aromatic carbocycles. The number of hydrogen-bond acceptors (Lipinski definition) is 4. The first-order chi connectivity index (χ1) is 10.2. The van der Waals surface area contributed by atoms with Gasteiger partial charge in [0.05, 0.1) is 5.69 Å². The van der Waals surface area contributed by atoms with Crippen LogP contribution in [0, 0.1) is 6.92 Å². The summed E-state index contributed by atoms with van der Waals surface area (Å²) in [4.78, 5) is 7.16. The Bertz CT molecular complexity index is 623. The standard InChI is InChI=1S/C14H23ClN6/c1-4-20-14-13(11(2)17-20)16-12(5-6-15)21(14)19-9-7-18(3)8-10-19/h4-10H2,1-3H3. The summed E-state index contributed by atoms with van der Waals surface area (Å²) >= 11 is 5.98. The van der Waals surface area contributed by atoms with E-state index in [-0.39, 0.29) is 0 Å². The molecule has 0 unspecified atom stereocenters. The van der Waals surface area contributed by atoms with Gasteiger partial charge in [-0.25, -0.2) is 14.3 Å². The van der Waals surface area contributed by atoms with Crippen LogP contribution in [0.2, 0.25) is 0 Å². The van der Waals surface area contributed by atoms with Gasteiger partial charge in [-0.15, -0.1) is 11.6 Å². The quantitative estimate of drug-likeness (QED) is 0.797. The third-order valence-electron chi connectivity index (χ3n) is 4.14. The minimum Gasteiger partial charge on any atom is -0.307 e. The molecule has 7 heteroatoms. The molecule has 3 rings (SSSR count). The lowest BCUT2D eigenvalue weighted by Gasteiger charge is -2.35. The summed E-state index contributed by atoms with van der Waals surface area (Å²) in [6.45, 7) is 9.15. The average Bonchev–Trinajstić information content (AvgIpc) is 2.98. The summed E-state index contributed by atoms with van der Waals surface area (Å²) in [5, 5.41) is 6.98. The highest BCUT2D eigenvalue weighted by Gasteiger charge is 2.23. The van der Waals surface area contributed by atoms with Gasteiger partial charge < -0.3 is 9.91 Å². The molecule has 0 aliphatic carbocycles. The van der Waals surface area contributed by atoms with Gasteiger partial charge in [-0.2, -0.15) is 5.10 Å². The molecule has 3 heterocycles. The largest absolute Gasteiger partial charge is 0.307 e. The van der Waals surface area contributed by atoms with E-state index in [0.717, 1.165) is 61.8 Å². The van der Waals surface area contributed by atoms with E-state index >= 15 is 0 Å². The topological polar surface area (TPSA) is 42.1 Å². The van der Waals surface area contributed by atoms with Gasteiger partial charge in [0, 0.05) is 45.0 Å². The van der Waals surface area contributed by atoms with Gasteiger partial charge in [0.1, 0.15) is 11.3 Å². The van der Waals surface area contributed by atoms with Crippen molar-refractivity contribution in [3.05, 3.63) is 11.5 Å². The number of alkyl halides is 1.